The average molecular weight is 395 g/mol. The number of anilines is 1. The van der Waals surface area contributed by atoms with Gasteiger partial charge in [-0.3, -0.25) is 14.6 Å². The standard InChI is InChI=1S/C22H25N3O4/c1-15-3-4-18(16(2)13-15)24-20(26)19-14-17(5-8-23-19)21(27)25-9-6-22(7-10-25)28-11-12-29-22/h3-5,8,13-14H,6-7,9-12H2,1-2H3,(H,24,26). The number of rotatable bonds is 3. The van der Waals surface area contributed by atoms with Gasteiger partial charge in [0, 0.05) is 43.4 Å². The predicted octanol–water partition coefficient (Wildman–Crippen LogP) is 2.93. The monoisotopic (exact) mass is 395 g/mol. The van der Waals surface area contributed by atoms with Crippen molar-refractivity contribution in [3.8, 4) is 0 Å². The highest BCUT2D eigenvalue weighted by molar-refractivity contribution is 6.05. The Kier molecular flexibility index (Phi) is 5.34. The van der Waals surface area contributed by atoms with Gasteiger partial charge in [-0.2, -0.15) is 0 Å². The minimum Gasteiger partial charge on any atom is -0.347 e. The fourth-order valence-corrected chi connectivity index (χ4v) is 3.85. The molecule has 0 unspecified atom stereocenters. The largest absolute Gasteiger partial charge is 0.347 e. The quantitative estimate of drug-likeness (QED) is 0.864. The molecule has 152 valence electrons. The van der Waals surface area contributed by atoms with Crippen LogP contribution in [0.15, 0.2) is 36.5 Å². The van der Waals surface area contributed by atoms with E-state index < -0.39 is 5.79 Å². The number of aromatic nitrogens is 1. The van der Waals surface area contributed by atoms with E-state index in [1.807, 2.05) is 32.0 Å². The molecule has 3 heterocycles. The summed E-state index contributed by atoms with van der Waals surface area (Å²) in [6.45, 7) is 6.28. The van der Waals surface area contributed by atoms with Gasteiger partial charge in [-0.05, 0) is 37.6 Å². The smallest absolute Gasteiger partial charge is 0.274 e. The molecule has 0 bridgehead atoms. The zero-order valence-electron chi connectivity index (χ0n) is 16.7. The van der Waals surface area contributed by atoms with Gasteiger partial charge in [0.2, 0.25) is 0 Å². The maximum absolute atomic E-state index is 12.9. The van der Waals surface area contributed by atoms with E-state index >= 15 is 0 Å². The van der Waals surface area contributed by atoms with Crippen LogP contribution in [-0.2, 0) is 9.47 Å². The van der Waals surface area contributed by atoms with Crippen molar-refractivity contribution in [3.05, 3.63) is 58.9 Å². The topological polar surface area (TPSA) is 80.8 Å². The molecule has 0 radical (unpaired) electrons. The first-order valence-electron chi connectivity index (χ1n) is 9.88. The van der Waals surface area contributed by atoms with Crippen LogP contribution in [0.4, 0.5) is 5.69 Å². The number of amides is 2. The van der Waals surface area contributed by atoms with Crippen LogP contribution in [0.2, 0.25) is 0 Å². The zero-order chi connectivity index (χ0) is 20.4. The molecule has 1 aromatic heterocycles. The highest BCUT2D eigenvalue weighted by Crippen LogP contribution is 2.31. The maximum Gasteiger partial charge on any atom is 0.274 e. The second-order valence-electron chi connectivity index (χ2n) is 7.60. The van der Waals surface area contributed by atoms with Gasteiger partial charge in [-0.15, -0.1) is 0 Å². The van der Waals surface area contributed by atoms with E-state index in [4.69, 9.17) is 9.47 Å². The molecular formula is C22H25N3O4. The molecule has 0 saturated carbocycles. The SMILES string of the molecule is Cc1ccc(NC(=O)c2cc(C(=O)N3CCC4(CC3)OCCO4)ccn2)c(C)c1. The Morgan fingerprint density at radius 3 is 2.48 bits per heavy atom. The highest BCUT2D eigenvalue weighted by atomic mass is 16.7. The first-order valence-corrected chi connectivity index (χ1v) is 9.88. The predicted molar refractivity (Wildman–Crippen MR) is 108 cm³/mol. The van der Waals surface area contributed by atoms with Crippen LogP contribution < -0.4 is 5.32 Å². The molecule has 29 heavy (non-hydrogen) atoms. The Balaban J connectivity index is 1.44. The van der Waals surface area contributed by atoms with Gasteiger partial charge in [0.05, 0.1) is 13.2 Å². The first kappa shape index (κ1) is 19.5. The zero-order valence-corrected chi connectivity index (χ0v) is 16.7. The van der Waals surface area contributed by atoms with Crippen molar-refractivity contribution in [2.75, 3.05) is 31.6 Å². The lowest BCUT2D eigenvalue weighted by atomic mass is 10.0. The third-order valence-electron chi connectivity index (χ3n) is 5.50. The van der Waals surface area contributed by atoms with Crippen molar-refractivity contribution < 1.29 is 19.1 Å². The third-order valence-corrected chi connectivity index (χ3v) is 5.50. The van der Waals surface area contributed by atoms with Crippen LogP contribution in [-0.4, -0.2) is 53.8 Å². The number of nitrogens with one attached hydrogen (secondary N) is 1. The number of nitrogens with zero attached hydrogens (tertiary/aromatic N) is 2. The number of hydrogen-bond acceptors (Lipinski definition) is 5. The van der Waals surface area contributed by atoms with Crippen molar-refractivity contribution in [1.82, 2.24) is 9.88 Å². The minimum atomic E-state index is -0.522. The van der Waals surface area contributed by atoms with Gasteiger partial charge in [0.1, 0.15) is 5.69 Å². The maximum atomic E-state index is 12.9. The summed E-state index contributed by atoms with van der Waals surface area (Å²) in [5.41, 5.74) is 3.51. The number of piperidine rings is 1. The van der Waals surface area contributed by atoms with Gasteiger partial charge in [0.25, 0.3) is 11.8 Å². The number of ether oxygens (including phenoxy) is 2. The molecule has 4 rings (SSSR count). The van der Waals surface area contributed by atoms with Crippen LogP contribution >= 0.6 is 0 Å². The lowest BCUT2D eigenvalue weighted by Gasteiger charge is -2.37. The van der Waals surface area contributed by atoms with Crippen molar-refractivity contribution >= 4 is 17.5 Å². The average Bonchev–Trinajstić information content (AvgIpc) is 3.18. The molecule has 7 nitrogen and oxygen atoms in total. The van der Waals surface area contributed by atoms with E-state index in [-0.39, 0.29) is 17.5 Å². The Labute approximate surface area is 170 Å². The molecule has 2 saturated heterocycles. The van der Waals surface area contributed by atoms with Crippen LogP contribution in [0.25, 0.3) is 0 Å². The summed E-state index contributed by atoms with van der Waals surface area (Å²) in [5, 5.41) is 2.87. The Bertz CT molecular complexity index is 927. The third kappa shape index (κ3) is 4.16. The molecule has 1 N–H and O–H groups in total. The lowest BCUT2D eigenvalue weighted by Crippen LogP contribution is -2.47. The molecule has 2 aliphatic heterocycles. The molecule has 2 amide bonds. The fraction of sp³-hybridized carbons (Fsp3) is 0.409. The van der Waals surface area contributed by atoms with Gasteiger partial charge >= 0.3 is 0 Å². The summed E-state index contributed by atoms with van der Waals surface area (Å²) >= 11 is 0. The number of carbonyl (C=O) groups excluding carboxylic acids is 2. The van der Waals surface area contributed by atoms with Gasteiger partial charge < -0.3 is 19.7 Å². The Morgan fingerprint density at radius 1 is 1.07 bits per heavy atom. The molecule has 2 aliphatic rings. The molecule has 2 aromatic rings. The van der Waals surface area contributed by atoms with Crippen LogP contribution in [0.3, 0.4) is 0 Å². The molecule has 1 aromatic carbocycles. The minimum absolute atomic E-state index is 0.110. The lowest BCUT2D eigenvalue weighted by molar-refractivity contribution is -0.181. The second-order valence-corrected chi connectivity index (χ2v) is 7.60. The van der Waals surface area contributed by atoms with Crippen molar-refractivity contribution in [1.29, 1.82) is 0 Å². The fourth-order valence-electron chi connectivity index (χ4n) is 3.85. The van der Waals surface area contributed by atoms with Crippen LogP contribution in [0, 0.1) is 13.8 Å². The van der Waals surface area contributed by atoms with Crippen molar-refractivity contribution in [2.45, 2.75) is 32.5 Å². The number of pyridine rings is 1. The Morgan fingerprint density at radius 2 is 1.79 bits per heavy atom. The number of carbonyl (C=O) groups is 2. The van der Waals surface area contributed by atoms with E-state index in [0.717, 1.165) is 16.8 Å². The molecule has 2 fully saturated rings. The molecule has 7 heteroatoms. The summed E-state index contributed by atoms with van der Waals surface area (Å²) in [5.74, 6) is -0.968. The van der Waals surface area contributed by atoms with Crippen molar-refractivity contribution in [3.63, 3.8) is 0 Å². The second kappa shape index (κ2) is 7.93. The molecule has 1 spiro atoms. The molecular weight excluding hydrogens is 370 g/mol. The van der Waals surface area contributed by atoms with Crippen LogP contribution in [0.5, 0.6) is 0 Å². The van der Waals surface area contributed by atoms with Gasteiger partial charge in [-0.1, -0.05) is 17.7 Å². The number of benzene rings is 1. The molecule has 0 atom stereocenters. The van der Waals surface area contributed by atoms with Gasteiger partial charge in [0.15, 0.2) is 5.79 Å². The van der Waals surface area contributed by atoms with E-state index in [9.17, 15) is 9.59 Å². The summed E-state index contributed by atoms with van der Waals surface area (Å²) < 4.78 is 11.4. The number of aryl methyl sites for hydroxylation is 2. The molecule has 0 aliphatic carbocycles. The summed E-state index contributed by atoms with van der Waals surface area (Å²) in [6, 6.07) is 9.01. The summed E-state index contributed by atoms with van der Waals surface area (Å²) in [6.07, 6.45) is 2.81. The van der Waals surface area contributed by atoms with Crippen molar-refractivity contribution in [2.24, 2.45) is 0 Å². The first-order chi connectivity index (χ1) is 14.0. The van der Waals surface area contributed by atoms with Crippen LogP contribution in [0.1, 0.15) is 44.8 Å². The Hall–Kier alpha value is -2.77. The van der Waals surface area contributed by atoms with E-state index in [1.54, 1.807) is 17.0 Å². The summed E-state index contributed by atoms with van der Waals surface area (Å²) in [4.78, 5) is 31.5. The number of likely N-dealkylation sites (tertiary alicyclic amines) is 1. The highest BCUT2D eigenvalue weighted by Gasteiger charge is 2.40. The van der Waals surface area contributed by atoms with Gasteiger partial charge in [-0.25, -0.2) is 0 Å². The normalized spacial score (nSPS) is 18.1. The number of hydrogen-bond donors (Lipinski definition) is 1. The van der Waals surface area contributed by atoms with E-state index in [0.29, 0.717) is 44.7 Å². The van der Waals surface area contributed by atoms with E-state index in [1.165, 1.54) is 6.20 Å². The van der Waals surface area contributed by atoms with E-state index in [2.05, 4.69) is 10.3 Å². The summed E-state index contributed by atoms with van der Waals surface area (Å²) in [7, 11) is 0.